The molecular weight excluding hydrogens is 256 g/mol. The van der Waals surface area contributed by atoms with Crippen molar-refractivity contribution >= 4 is 17.4 Å². The summed E-state index contributed by atoms with van der Waals surface area (Å²) in [6, 6.07) is 17.9. The summed E-state index contributed by atoms with van der Waals surface area (Å²) in [6.45, 7) is 0. The molecule has 0 radical (unpaired) electrons. The Morgan fingerprint density at radius 1 is 1.11 bits per heavy atom. The number of Topliss-reactive ketones (excluding diaryl/α,β-unsaturated/α-hetero) is 1. The van der Waals surface area contributed by atoms with Crippen LogP contribution in [0.4, 0.5) is 0 Å². The minimum atomic E-state index is 0.196. The Morgan fingerprint density at radius 2 is 1.89 bits per heavy atom. The lowest BCUT2D eigenvalue weighted by atomic mass is 10.0. The van der Waals surface area contributed by atoms with Gasteiger partial charge in [0.25, 0.3) is 0 Å². The van der Waals surface area contributed by atoms with Crippen molar-refractivity contribution < 1.29 is 4.79 Å². The smallest absolute Gasteiger partial charge is 0.140 e. The van der Waals surface area contributed by atoms with Gasteiger partial charge in [0.1, 0.15) is 5.78 Å². The van der Waals surface area contributed by atoms with Crippen LogP contribution in [0.2, 0.25) is 5.02 Å². The zero-order valence-electron chi connectivity index (χ0n) is 10.6. The van der Waals surface area contributed by atoms with Crippen molar-refractivity contribution in [2.24, 2.45) is 5.92 Å². The van der Waals surface area contributed by atoms with Crippen molar-refractivity contribution in [3.63, 3.8) is 0 Å². The van der Waals surface area contributed by atoms with E-state index in [1.54, 1.807) is 0 Å². The highest BCUT2D eigenvalue weighted by atomic mass is 35.5. The summed E-state index contributed by atoms with van der Waals surface area (Å²) in [7, 11) is 0. The minimum absolute atomic E-state index is 0.196. The summed E-state index contributed by atoms with van der Waals surface area (Å²) in [5.74, 6) is 0.949. The summed E-state index contributed by atoms with van der Waals surface area (Å²) in [5.41, 5.74) is 2.29. The fourth-order valence-corrected chi connectivity index (χ4v) is 2.81. The van der Waals surface area contributed by atoms with Gasteiger partial charge in [-0.1, -0.05) is 54.1 Å². The second-order valence-electron chi connectivity index (χ2n) is 5.13. The van der Waals surface area contributed by atoms with Gasteiger partial charge in [-0.25, -0.2) is 0 Å². The monoisotopic (exact) mass is 270 g/mol. The Balaban J connectivity index is 1.64. The van der Waals surface area contributed by atoms with E-state index >= 15 is 0 Å². The first kappa shape index (κ1) is 12.4. The van der Waals surface area contributed by atoms with E-state index in [0.717, 1.165) is 12.0 Å². The van der Waals surface area contributed by atoms with Crippen molar-refractivity contribution in [1.29, 1.82) is 0 Å². The van der Waals surface area contributed by atoms with Crippen LogP contribution in [0.1, 0.15) is 23.5 Å². The lowest BCUT2D eigenvalue weighted by Crippen LogP contribution is -2.06. The quantitative estimate of drug-likeness (QED) is 0.811. The molecule has 1 aliphatic carbocycles. The average molecular weight is 271 g/mol. The first-order valence-corrected chi connectivity index (χ1v) is 6.94. The largest absolute Gasteiger partial charge is 0.299 e. The van der Waals surface area contributed by atoms with E-state index in [1.165, 1.54) is 5.56 Å². The molecular formula is C17H15ClO. The van der Waals surface area contributed by atoms with E-state index in [2.05, 4.69) is 12.1 Å². The predicted molar refractivity (Wildman–Crippen MR) is 77.5 cm³/mol. The Labute approximate surface area is 118 Å². The molecule has 0 bridgehead atoms. The molecule has 0 aliphatic heterocycles. The second kappa shape index (κ2) is 5.18. The van der Waals surface area contributed by atoms with Crippen LogP contribution >= 0.6 is 11.6 Å². The Hall–Kier alpha value is -1.60. The molecule has 1 nitrogen and oxygen atoms in total. The average Bonchev–Trinajstić information content (AvgIpc) is 3.20. The molecule has 2 aromatic rings. The molecule has 2 aromatic carbocycles. The normalized spacial score (nSPS) is 21.1. The first-order chi connectivity index (χ1) is 9.24. The van der Waals surface area contributed by atoms with Crippen molar-refractivity contribution in [2.75, 3.05) is 0 Å². The summed E-state index contributed by atoms with van der Waals surface area (Å²) < 4.78 is 0. The van der Waals surface area contributed by atoms with Crippen molar-refractivity contribution in [3.8, 4) is 0 Å². The van der Waals surface area contributed by atoms with Gasteiger partial charge in [0.15, 0.2) is 0 Å². The summed E-state index contributed by atoms with van der Waals surface area (Å²) in [4.78, 5) is 12.2. The number of benzene rings is 2. The molecule has 1 aliphatic rings. The van der Waals surface area contributed by atoms with Crippen LogP contribution in [0.25, 0.3) is 0 Å². The van der Waals surface area contributed by atoms with Crippen molar-refractivity contribution in [3.05, 3.63) is 70.7 Å². The van der Waals surface area contributed by atoms with Gasteiger partial charge in [0.2, 0.25) is 0 Å². The van der Waals surface area contributed by atoms with Gasteiger partial charge >= 0.3 is 0 Å². The van der Waals surface area contributed by atoms with Gasteiger partial charge in [-0.2, -0.15) is 0 Å². The third kappa shape index (κ3) is 2.87. The van der Waals surface area contributed by atoms with Crippen LogP contribution in [-0.2, 0) is 11.2 Å². The maximum atomic E-state index is 12.2. The number of carbonyl (C=O) groups excluding carboxylic acids is 1. The predicted octanol–water partition coefficient (Wildman–Crippen LogP) is 4.26. The maximum absolute atomic E-state index is 12.2. The van der Waals surface area contributed by atoms with Crippen molar-refractivity contribution in [2.45, 2.75) is 18.8 Å². The molecule has 0 N–H and O–H groups in total. The molecule has 0 amide bonds. The zero-order valence-corrected chi connectivity index (χ0v) is 11.3. The minimum Gasteiger partial charge on any atom is -0.299 e. The molecule has 19 heavy (non-hydrogen) atoms. The van der Waals surface area contributed by atoms with Gasteiger partial charge in [-0.3, -0.25) is 4.79 Å². The molecule has 1 saturated carbocycles. The van der Waals surface area contributed by atoms with E-state index in [0.29, 0.717) is 23.1 Å². The van der Waals surface area contributed by atoms with E-state index in [1.807, 2.05) is 42.5 Å². The molecule has 96 valence electrons. The topological polar surface area (TPSA) is 17.1 Å². The van der Waals surface area contributed by atoms with Gasteiger partial charge in [-0.15, -0.1) is 0 Å². The highest BCUT2D eigenvalue weighted by molar-refractivity contribution is 6.30. The standard InChI is InChI=1S/C17H15ClO/c18-14-8-4-5-12(9-14)10-17(19)16-11-15(16)13-6-2-1-3-7-13/h1-9,15-16H,10-11H2. The van der Waals surface area contributed by atoms with Crippen LogP contribution in [0.15, 0.2) is 54.6 Å². The number of hydrogen-bond acceptors (Lipinski definition) is 1. The van der Waals surface area contributed by atoms with Crippen molar-refractivity contribution in [1.82, 2.24) is 0 Å². The van der Waals surface area contributed by atoms with E-state index in [-0.39, 0.29) is 5.92 Å². The molecule has 0 heterocycles. The number of ketones is 1. The second-order valence-corrected chi connectivity index (χ2v) is 5.57. The fraction of sp³-hybridized carbons (Fsp3) is 0.235. The van der Waals surface area contributed by atoms with E-state index in [4.69, 9.17) is 11.6 Å². The zero-order chi connectivity index (χ0) is 13.2. The van der Waals surface area contributed by atoms with Gasteiger partial charge in [0.05, 0.1) is 0 Å². The Kier molecular flexibility index (Phi) is 3.39. The highest BCUT2D eigenvalue weighted by Gasteiger charge is 2.43. The van der Waals surface area contributed by atoms with Gasteiger partial charge < -0.3 is 0 Å². The van der Waals surface area contributed by atoms with E-state index in [9.17, 15) is 4.79 Å². The number of rotatable bonds is 4. The molecule has 0 saturated heterocycles. The molecule has 0 spiro atoms. The maximum Gasteiger partial charge on any atom is 0.140 e. The fourth-order valence-electron chi connectivity index (χ4n) is 2.60. The number of carbonyl (C=O) groups is 1. The van der Waals surface area contributed by atoms with Gasteiger partial charge in [0, 0.05) is 17.4 Å². The van der Waals surface area contributed by atoms with Gasteiger partial charge in [-0.05, 0) is 35.6 Å². The SMILES string of the molecule is O=C(Cc1cccc(Cl)c1)C1CC1c1ccccc1. The summed E-state index contributed by atoms with van der Waals surface area (Å²) >= 11 is 5.94. The highest BCUT2D eigenvalue weighted by Crippen LogP contribution is 2.48. The summed E-state index contributed by atoms with van der Waals surface area (Å²) in [6.07, 6.45) is 1.48. The number of halogens is 1. The molecule has 2 heteroatoms. The molecule has 3 rings (SSSR count). The van der Waals surface area contributed by atoms with Crippen LogP contribution in [0.3, 0.4) is 0 Å². The van der Waals surface area contributed by atoms with Crippen LogP contribution in [0.5, 0.6) is 0 Å². The third-order valence-corrected chi connectivity index (χ3v) is 3.93. The Morgan fingerprint density at radius 3 is 2.63 bits per heavy atom. The van der Waals surface area contributed by atoms with Crippen LogP contribution in [-0.4, -0.2) is 5.78 Å². The van der Waals surface area contributed by atoms with E-state index < -0.39 is 0 Å². The third-order valence-electron chi connectivity index (χ3n) is 3.70. The molecule has 2 unspecified atom stereocenters. The Bertz CT molecular complexity index is 591. The van der Waals surface area contributed by atoms with Crippen LogP contribution < -0.4 is 0 Å². The lowest BCUT2D eigenvalue weighted by Gasteiger charge is -2.02. The number of hydrogen-bond donors (Lipinski definition) is 0. The molecule has 1 fully saturated rings. The summed E-state index contributed by atoms with van der Waals surface area (Å²) in [5, 5.41) is 0.695. The lowest BCUT2D eigenvalue weighted by molar-refractivity contribution is -0.119. The van der Waals surface area contributed by atoms with Crippen LogP contribution in [0, 0.1) is 5.92 Å². The molecule has 0 aromatic heterocycles. The molecule has 2 atom stereocenters. The first-order valence-electron chi connectivity index (χ1n) is 6.56.